The molecule has 0 radical (unpaired) electrons. The van der Waals surface area contributed by atoms with E-state index in [0.717, 1.165) is 5.69 Å². The van der Waals surface area contributed by atoms with Crippen LogP contribution in [0.15, 0.2) is 54.9 Å². The van der Waals surface area contributed by atoms with Crippen LogP contribution in [-0.4, -0.2) is 29.1 Å². The van der Waals surface area contributed by atoms with Crippen molar-refractivity contribution in [3.05, 3.63) is 66.2 Å². The van der Waals surface area contributed by atoms with Crippen molar-refractivity contribution in [1.82, 2.24) is 9.97 Å². The molecule has 3 aromatic rings. The maximum absolute atomic E-state index is 13.6. The van der Waals surface area contributed by atoms with Gasteiger partial charge in [0.25, 0.3) is 5.91 Å². The number of hydrogen-bond acceptors (Lipinski definition) is 6. The number of aromatic nitrogens is 2. The third-order valence-electron chi connectivity index (χ3n) is 3.83. The van der Waals surface area contributed by atoms with Crippen molar-refractivity contribution in [2.45, 2.75) is 0 Å². The molecule has 0 atom stereocenters. The predicted octanol–water partition coefficient (Wildman–Crippen LogP) is 3.38. The first-order chi connectivity index (χ1) is 13.2. The lowest BCUT2D eigenvalue weighted by Crippen LogP contribution is -2.15. The Bertz CT molecular complexity index is 979. The molecule has 0 aliphatic carbocycles. The summed E-state index contributed by atoms with van der Waals surface area (Å²) in [4.78, 5) is 20.4. The van der Waals surface area contributed by atoms with E-state index >= 15 is 0 Å². The second-order valence-corrected chi connectivity index (χ2v) is 5.71. The van der Waals surface area contributed by atoms with Gasteiger partial charge >= 0.3 is 0 Å². The Balaban J connectivity index is 1.44. The molecule has 4 rings (SSSR count). The van der Waals surface area contributed by atoms with Crippen LogP contribution in [0.25, 0.3) is 0 Å². The molecule has 1 aliphatic heterocycles. The zero-order chi connectivity index (χ0) is 18.6. The summed E-state index contributed by atoms with van der Waals surface area (Å²) in [6, 6.07) is 11.3. The van der Waals surface area contributed by atoms with Crippen molar-refractivity contribution in [3.63, 3.8) is 0 Å². The van der Waals surface area contributed by atoms with E-state index in [1.165, 1.54) is 24.5 Å². The van der Waals surface area contributed by atoms with E-state index in [4.69, 9.17) is 9.47 Å². The van der Waals surface area contributed by atoms with E-state index in [1.807, 2.05) is 6.07 Å². The van der Waals surface area contributed by atoms with Crippen molar-refractivity contribution in [3.8, 4) is 11.5 Å². The molecule has 7 nitrogen and oxygen atoms in total. The summed E-state index contributed by atoms with van der Waals surface area (Å²) < 4.78 is 24.6. The number of carbonyl (C=O) groups excluding carboxylic acids is 1. The molecule has 0 saturated carbocycles. The molecule has 0 fully saturated rings. The van der Waals surface area contributed by atoms with Gasteiger partial charge in [0.1, 0.15) is 19.0 Å². The number of halogens is 1. The van der Waals surface area contributed by atoms with Gasteiger partial charge in [0.15, 0.2) is 11.5 Å². The number of rotatable bonds is 4. The largest absolute Gasteiger partial charge is 0.486 e. The van der Waals surface area contributed by atoms with Gasteiger partial charge in [-0.05, 0) is 24.3 Å². The first kappa shape index (κ1) is 16.8. The average molecular weight is 366 g/mol. The summed E-state index contributed by atoms with van der Waals surface area (Å²) in [5.74, 6) is 0.642. The van der Waals surface area contributed by atoms with Gasteiger partial charge in [0.2, 0.25) is 5.95 Å². The minimum atomic E-state index is -0.510. The first-order valence-electron chi connectivity index (χ1n) is 8.24. The van der Waals surface area contributed by atoms with Crippen LogP contribution >= 0.6 is 0 Å². The van der Waals surface area contributed by atoms with Crippen LogP contribution in [0, 0.1) is 5.82 Å². The predicted molar refractivity (Wildman–Crippen MR) is 97.1 cm³/mol. The molecule has 8 heteroatoms. The molecule has 136 valence electrons. The topological polar surface area (TPSA) is 85.4 Å². The molecule has 2 heterocycles. The molecule has 1 amide bonds. The minimum absolute atomic E-state index is 0.0981. The van der Waals surface area contributed by atoms with E-state index in [0.29, 0.717) is 30.7 Å². The Hall–Kier alpha value is -3.68. The highest BCUT2D eigenvalue weighted by Crippen LogP contribution is 2.33. The summed E-state index contributed by atoms with van der Waals surface area (Å²) in [6.45, 7) is 1.03. The molecular weight excluding hydrogens is 351 g/mol. The lowest BCUT2D eigenvalue weighted by molar-refractivity contribution is 0.102. The van der Waals surface area contributed by atoms with Crippen LogP contribution in [0.4, 0.5) is 21.7 Å². The molecule has 2 N–H and O–H groups in total. The van der Waals surface area contributed by atoms with Crippen molar-refractivity contribution in [1.29, 1.82) is 0 Å². The van der Waals surface area contributed by atoms with Gasteiger partial charge in [-0.3, -0.25) is 4.79 Å². The van der Waals surface area contributed by atoms with E-state index in [2.05, 4.69) is 20.6 Å². The monoisotopic (exact) mass is 366 g/mol. The minimum Gasteiger partial charge on any atom is -0.486 e. The van der Waals surface area contributed by atoms with Crippen molar-refractivity contribution in [2.75, 3.05) is 23.8 Å². The molecular formula is C19H15FN4O3. The third kappa shape index (κ3) is 3.79. The number of nitrogens with one attached hydrogen (secondary N) is 2. The Labute approximate surface area is 154 Å². The average Bonchev–Trinajstić information content (AvgIpc) is 2.70. The molecule has 2 aromatic carbocycles. The second kappa shape index (κ2) is 7.28. The highest BCUT2D eigenvalue weighted by molar-refractivity contribution is 6.03. The molecule has 0 unspecified atom stereocenters. The molecule has 27 heavy (non-hydrogen) atoms. The zero-order valence-electron chi connectivity index (χ0n) is 14.1. The number of para-hydroxylation sites is 1. The first-order valence-corrected chi connectivity index (χ1v) is 8.24. The third-order valence-corrected chi connectivity index (χ3v) is 3.83. The van der Waals surface area contributed by atoms with E-state index in [-0.39, 0.29) is 11.3 Å². The van der Waals surface area contributed by atoms with Crippen LogP contribution < -0.4 is 20.1 Å². The van der Waals surface area contributed by atoms with E-state index in [1.54, 1.807) is 24.3 Å². The number of benzene rings is 2. The summed E-state index contributed by atoms with van der Waals surface area (Å²) in [7, 11) is 0. The molecule has 0 saturated heterocycles. The normalized spacial score (nSPS) is 12.3. The van der Waals surface area contributed by atoms with E-state index in [9.17, 15) is 9.18 Å². The van der Waals surface area contributed by atoms with Crippen molar-refractivity contribution < 1.29 is 18.7 Å². The van der Waals surface area contributed by atoms with Gasteiger partial charge in [-0.1, -0.05) is 12.1 Å². The summed E-state index contributed by atoms with van der Waals surface area (Å²) in [5.41, 5.74) is 1.04. The van der Waals surface area contributed by atoms with Crippen LogP contribution in [0.3, 0.4) is 0 Å². The van der Waals surface area contributed by atoms with Gasteiger partial charge in [0, 0.05) is 24.1 Å². The number of nitrogens with zero attached hydrogens (tertiary/aromatic N) is 2. The SMILES string of the molecule is O=C(Nc1ccccc1F)c1cnc(Nc2ccc3c(c2)OCCO3)nc1. The Morgan fingerprint density at radius 1 is 1.00 bits per heavy atom. The van der Waals surface area contributed by atoms with Crippen LogP contribution in [0.2, 0.25) is 0 Å². The highest BCUT2D eigenvalue weighted by Gasteiger charge is 2.13. The second-order valence-electron chi connectivity index (χ2n) is 5.71. The smallest absolute Gasteiger partial charge is 0.258 e. The van der Waals surface area contributed by atoms with Gasteiger partial charge in [0.05, 0.1) is 11.3 Å². The molecule has 0 spiro atoms. The van der Waals surface area contributed by atoms with E-state index < -0.39 is 11.7 Å². The lowest BCUT2D eigenvalue weighted by Gasteiger charge is -2.18. The standard InChI is InChI=1S/C19H15FN4O3/c20-14-3-1-2-4-15(14)24-18(25)12-10-21-19(22-11-12)23-13-5-6-16-17(9-13)27-8-7-26-16/h1-6,9-11H,7-8H2,(H,24,25)(H,21,22,23). The van der Waals surface area contributed by atoms with Crippen LogP contribution in [0.1, 0.15) is 10.4 Å². The van der Waals surface area contributed by atoms with Crippen LogP contribution in [0.5, 0.6) is 11.5 Å². The fourth-order valence-corrected chi connectivity index (χ4v) is 2.52. The molecule has 1 aliphatic rings. The quantitative estimate of drug-likeness (QED) is 0.736. The maximum atomic E-state index is 13.6. The molecule has 0 bridgehead atoms. The Kier molecular flexibility index (Phi) is 4.52. The number of fused-ring (bicyclic) bond motifs is 1. The number of amides is 1. The van der Waals surface area contributed by atoms with Gasteiger partial charge in [-0.2, -0.15) is 0 Å². The number of carbonyl (C=O) groups is 1. The van der Waals surface area contributed by atoms with Crippen molar-refractivity contribution in [2.24, 2.45) is 0 Å². The van der Waals surface area contributed by atoms with Crippen molar-refractivity contribution >= 4 is 23.2 Å². The maximum Gasteiger partial charge on any atom is 0.258 e. The van der Waals surface area contributed by atoms with Gasteiger partial charge in [-0.25, -0.2) is 14.4 Å². The van der Waals surface area contributed by atoms with Gasteiger partial charge in [-0.15, -0.1) is 0 Å². The highest BCUT2D eigenvalue weighted by atomic mass is 19.1. The Morgan fingerprint density at radius 2 is 1.74 bits per heavy atom. The summed E-state index contributed by atoms with van der Waals surface area (Å²) in [5, 5.41) is 5.51. The number of anilines is 3. The summed E-state index contributed by atoms with van der Waals surface area (Å²) >= 11 is 0. The molecule has 1 aromatic heterocycles. The fraction of sp³-hybridized carbons (Fsp3) is 0.105. The fourth-order valence-electron chi connectivity index (χ4n) is 2.52. The number of ether oxygens (including phenoxy) is 2. The zero-order valence-corrected chi connectivity index (χ0v) is 14.1. The van der Waals surface area contributed by atoms with Gasteiger partial charge < -0.3 is 20.1 Å². The lowest BCUT2D eigenvalue weighted by atomic mass is 10.2. The van der Waals surface area contributed by atoms with Crippen LogP contribution in [-0.2, 0) is 0 Å². The Morgan fingerprint density at radius 3 is 2.52 bits per heavy atom. The number of hydrogen-bond donors (Lipinski definition) is 2. The summed E-state index contributed by atoms with van der Waals surface area (Å²) in [6.07, 6.45) is 2.73.